The van der Waals surface area contributed by atoms with Crippen molar-refractivity contribution in [3.05, 3.63) is 28.8 Å². The average Bonchev–Trinajstić information content (AvgIpc) is 3.38. The SMILES string of the molecule is COc1cc(C=CC(=O)Nc2nnc(C3CC3)s2)cc(OC)c1OC. The number of nitrogens with one attached hydrogen (secondary N) is 1. The van der Waals surface area contributed by atoms with Gasteiger partial charge >= 0.3 is 0 Å². The molecule has 25 heavy (non-hydrogen) atoms. The van der Waals surface area contributed by atoms with Gasteiger partial charge in [0.05, 0.1) is 21.3 Å². The summed E-state index contributed by atoms with van der Waals surface area (Å²) in [5.74, 6) is 1.82. The van der Waals surface area contributed by atoms with Gasteiger partial charge in [-0.3, -0.25) is 10.1 Å². The summed E-state index contributed by atoms with van der Waals surface area (Å²) in [6.45, 7) is 0. The fraction of sp³-hybridized carbons (Fsp3) is 0.353. The van der Waals surface area contributed by atoms with Crippen LogP contribution in [0.25, 0.3) is 6.08 Å². The Morgan fingerprint density at radius 3 is 2.40 bits per heavy atom. The first kappa shape index (κ1) is 17.2. The van der Waals surface area contributed by atoms with Crippen molar-refractivity contribution in [2.24, 2.45) is 0 Å². The van der Waals surface area contributed by atoms with E-state index >= 15 is 0 Å². The van der Waals surface area contributed by atoms with Crippen LogP contribution >= 0.6 is 11.3 Å². The maximum atomic E-state index is 12.1. The van der Waals surface area contributed by atoms with E-state index in [1.165, 1.54) is 17.4 Å². The van der Waals surface area contributed by atoms with Gasteiger partial charge in [-0.15, -0.1) is 10.2 Å². The van der Waals surface area contributed by atoms with Crippen molar-refractivity contribution < 1.29 is 19.0 Å². The highest BCUT2D eigenvalue weighted by molar-refractivity contribution is 7.15. The summed E-state index contributed by atoms with van der Waals surface area (Å²) < 4.78 is 15.9. The van der Waals surface area contributed by atoms with Crippen LogP contribution in [0.3, 0.4) is 0 Å². The van der Waals surface area contributed by atoms with E-state index in [0.29, 0.717) is 28.3 Å². The largest absolute Gasteiger partial charge is 0.493 e. The van der Waals surface area contributed by atoms with Crippen LogP contribution in [0.15, 0.2) is 18.2 Å². The van der Waals surface area contributed by atoms with E-state index in [0.717, 1.165) is 23.4 Å². The van der Waals surface area contributed by atoms with Gasteiger partial charge in [0.15, 0.2) is 11.5 Å². The molecule has 0 aliphatic heterocycles. The Morgan fingerprint density at radius 2 is 1.84 bits per heavy atom. The lowest BCUT2D eigenvalue weighted by atomic mass is 10.1. The van der Waals surface area contributed by atoms with Gasteiger partial charge in [-0.1, -0.05) is 11.3 Å². The molecule has 1 aromatic carbocycles. The highest BCUT2D eigenvalue weighted by Crippen LogP contribution is 2.42. The summed E-state index contributed by atoms with van der Waals surface area (Å²) >= 11 is 1.43. The molecule has 1 aliphatic rings. The second-order valence-electron chi connectivity index (χ2n) is 5.50. The van der Waals surface area contributed by atoms with Crippen LogP contribution < -0.4 is 19.5 Å². The van der Waals surface area contributed by atoms with Crippen LogP contribution in [0, 0.1) is 0 Å². The Balaban J connectivity index is 1.70. The van der Waals surface area contributed by atoms with Crippen molar-refractivity contribution in [2.45, 2.75) is 18.8 Å². The minimum atomic E-state index is -0.271. The number of methoxy groups -OCH3 is 3. The lowest BCUT2D eigenvalue weighted by Gasteiger charge is -2.12. The van der Waals surface area contributed by atoms with Gasteiger partial charge in [0.1, 0.15) is 5.01 Å². The molecule has 0 unspecified atom stereocenters. The Bertz CT molecular complexity index is 774. The van der Waals surface area contributed by atoms with Gasteiger partial charge in [0.25, 0.3) is 0 Å². The number of hydrogen-bond donors (Lipinski definition) is 1. The highest BCUT2D eigenvalue weighted by Gasteiger charge is 2.27. The van der Waals surface area contributed by atoms with E-state index in [1.54, 1.807) is 39.5 Å². The maximum absolute atomic E-state index is 12.1. The fourth-order valence-corrected chi connectivity index (χ4v) is 3.21. The standard InChI is InChI=1S/C17H19N3O4S/c1-22-12-8-10(9-13(23-2)15(12)24-3)4-7-14(21)18-17-20-19-16(25-17)11-5-6-11/h4,7-9,11H,5-6H2,1-3H3,(H,18,20,21). The van der Waals surface area contributed by atoms with Crippen molar-refractivity contribution in [1.29, 1.82) is 0 Å². The van der Waals surface area contributed by atoms with Crippen LogP contribution in [0.2, 0.25) is 0 Å². The second-order valence-corrected chi connectivity index (χ2v) is 6.51. The van der Waals surface area contributed by atoms with Crippen molar-refractivity contribution >= 4 is 28.5 Å². The Labute approximate surface area is 149 Å². The molecule has 1 saturated carbocycles. The Kier molecular flexibility index (Phi) is 5.18. The summed E-state index contributed by atoms with van der Waals surface area (Å²) in [6, 6.07) is 3.53. The summed E-state index contributed by atoms with van der Waals surface area (Å²) in [7, 11) is 4.64. The molecule has 1 aromatic heterocycles. The van der Waals surface area contributed by atoms with Crippen LogP contribution in [0.4, 0.5) is 5.13 Å². The van der Waals surface area contributed by atoms with Gasteiger partial charge in [0.2, 0.25) is 16.8 Å². The van der Waals surface area contributed by atoms with Crippen molar-refractivity contribution in [3.63, 3.8) is 0 Å². The molecule has 1 heterocycles. The monoisotopic (exact) mass is 361 g/mol. The zero-order chi connectivity index (χ0) is 17.8. The van der Waals surface area contributed by atoms with Crippen LogP contribution in [-0.2, 0) is 4.79 Å². The third kappa shape index (κ3) is 4.08. The predicted octanol–water partition coefficient (Wildman–Crippen LogP) is 3.09. The van der Waals surface area contributed by atoms with E-state index in [9.17, 15) is 4.79 Å². The minimum Gasteiger partial charge on any atom is -0.493 e. The van der Waals surface area contributed by atoms with Crippen LogP contribution in [0.1, 0.15) is 29.3 Å². The third-order valence-corrected chi connectivity index (χ3v) is 4.71. The molecule has 3 rings (SSSR count). The van der Waals surface area contributed by atoms with E-state index < -0.39 is 0 Å². The van der Waals surface area contributed by atoms with Crippen LogP contribution in [-0.4, -0.2) is 37.4 Å². The molecule has 132 valence electrons. The van der Waals surface area contributed by atoms with E-state index in [1.807, 2.05) is 0 Å². The number of amides is 1. The molecule has 1 N–H and O–H groups in total. The Hall–Kier alpha value is -2.61. The van der Waals surface area contributed by atoms with Crippen molar-refractivity contribution in [2.75, 3.05) is 26.6 Å². The molecule has 0 spiro atoms. The molecular weight excluding hydrogens is 342 g/mol. The molecule has 2 aromatic rings. The Morgan fingerprint density at radius 1 is 1.16 bits per heavy atom. The number of carbonyl (C=O) groups is 1. The first-order chi connectivity index (χ1) is 12.1. The zero-order valence-corrected chi connectivity index (χ0v) is 15.1. The minimum absolute atomic E-state index is 0.271. The molecule has 0 saturated heterocycles. The molecule has 1 amide bonds. The van der Waals surface area contributed by atoms with Gasteiger partial charge in [0, 0.05) is 12.0 Å². The molecule has 0 atom stereocenters. The van der Waals surface area contributed by atoms with E-state index in [-0.39, 0.29) is 5.91 Å². The van der Waals surface area contributed by atoms with Gasteiger partial charge in [-0.05, 0) is 36.6 Å². The highest BCUT2D eigenvalue weighted by atomic mass is 32.1. The smallest absolute Gasteiger partial charge is 0.250 e. The molecule has 0 bridgehead atoms. The molecular formula is C17H19N3O4S. The van der Waals surface area contributed by atoms with Gasteiger partial charge in [-0.2, -0.15) is 0 Å². The summed E-state index contributed by atoms with van der Waals surface area (Å²) in [5, 5.41) is 12.3. The van der Waals surface area contributed by atoms with Crippen molar-refractivity contribution in [1.82, 2.24) is 10.2 Å². The van der Waals surface area contributed by atoms with Gasteiger partial charge < -0.3 is 14.2 Å². The van der Waals surface area contributed by atoms with Crippen molar-refractivity contribution in [3.8, 4) is 17.2 Å². The molecule has 1 aliphatic carbocycles. The second kappa shape index (κ2) is 7.52. The number of benzene rings is 1. The maximum Gasteiger partial charge on any atom is 0.250 e. The first-order valence-corrected chi connectivity index (χ1v) is 8.58. The summed E-state index contributed by atoms with van der Waals surface area (Å²) in [5.41, 5.74) is 0.751. The third-order valence-electron chi connectivity index (χ3n) is 3.71. The summed E-state index contributed by atoms with van der Waals surface area (Å²) in [6.07, 6.45) is 5.41. The number of rotatable bonds is 7. The molecule has 7 nitrogen and oxygen atoms in total. The number of carbonyl (C=O) groups excluding carboxylic acids is 1. The fourth-order valence-electron chi connectivity index (χ4n) is 2.30. The summed E-state index contributed by atoms with van der Waals surface area (Å²) in [4.78, 5) is 12.1. The molecule has 0 radical (unpaired) electrons. The molecule has 1 fully saturated rings. The number of anilines is 1. The lowest BCUT2D eigenvalue weighted by Crippen LogP contribution is -2.07. The number of hydrogen-bond acceptors (Lipinski definition) is 7. The first-order valence-electron chi connectivity index (χ1n) is 7.77. The van der Waals surface area contributed by atoms with E-state index in [2.05, 4.69) is 15.5 Å². The number of ether oxygens (including phenoxy) is 3. The topological polar surface area (TPSA) is 82.6 Å². The van der Waals surface area contributed by atoms with Crippen LogP contribution in [0.5, 0.6) is 17.2 Å². The number of nitrogens with zero attached hydrogens (tertiary/aromatic N) is 2. The lowest BCUT2D eigenvalue weighted by molar-refractivity contribution is -0.111. The van der Waals surface area contributed by atoms with E-state index in [4.69, 9.17) is 14.2 Å². The average molecular weight is 361 g/mol. The predicted molar refractivity (Wildman–Crippen MR) is 95.6 cm³/mol. The molecule has 8 heteroatoms. The number of aromatic nitrogens is 2. The normalized spacial score (nSPS) is 13.7. The van der Waals surface area contributed by atoms with Gasteiger partial charge in [-0.25, -0.2) is 0 Å². The quantitative estimate of drug-likeness (QED) is 0.763. The zero-order valence-electron chi connectivity index (χ0n) is 14.2.